The van der Waals surface area contributed by atoms with Crippen LogP contribution in [0.15, 0.2) is 30.3 Å². The molecule has 0 bridgehead atoms. The minimum absolute atomic E-state index is 0.0187. The summed E-state index contributed by atoms with van der Waals surface area (Å²) in [5.41, 5.74) is 0.676. The fraction of sp³-hybridized carbons (Fsp3) is 0.538. The van der Waals surface area contributed by atoms with E-state index in [1.165, 1.54) is 0 Å². The van der Waals surface area contributed by atoms with Gasteiger partial charge in [0.1, 0.15) is 0 Å². The van der Waals surface area contributed by atoms with E-state index >= 15 is 0 Å². The number of hydrogen-bond donors (Lipinski definition) is 1. The Morgan fingerprint density at radius 1 is 1.33 bits per heavy atom. The lowest BCUT2D eigenvalue weighted by Crippen LogP contribution is -2.40. The molecule has 5 heteroatoms. The van der Waals surface area contributed by atoms with Gasteiger partial charge in [-0.1, -0.05) is 37.3 Å². The van der Waals surface area contributed by atoms with Crippen molar-refractivity contribution in [1.82, 2.24) is 4.72 Å². The highest BCUT2D eigenvalue weighted by atomic mass is 35.5. The van der Waals surface area contributed by atoms with Crippen molar-refractivity contribution in [3.63, 3.8) is 0 Å². The minimum atomic E-state index is -3.27. The predicted octanol–water partition coefficient (Wildman–Crippen LogP) is 2.48. The molecule has 2 rings (SSSR count). The van der Waals surface area contributed by atoms with Gasteiger partial charge in [-0.2, -0.15) is 0 Å². The maximum Gasteiger partial charge on any atom is 0.212 e. The summed E-state index contributed by atoms with van der Waals surface area (Å²) < 4.78 is 26.9. The van der Waals surface area contributed by atoms with Gasteiger partial charge in [0, 0.05) is 11.4 Å². The molecule has 1 saturated carbocycles. The number of nitrogens with one attached hydrogen (secondary N) is 1. The Morgan fingerprint density at radius 2 is 1.94 bits per heavy atom. The van der Waals surface area contributed by atoms with Crippen LogP contribution in [-0.2, 0) is 10.0 Å². The molecule has 1 aromatic rings. The Balaban J connectivity index is 2.00. The lowest BCUT2D eigenvalue weighted by atomic mass is 10.0. The van der Waals surface area contributed by atoms with E-state index in [2.05, 4.69) is 4.72 Å². The van der Waals surface area contributed by atoms with Gasteiger partial charge in [-0.05, 0) is 24.3 Å². The van der Waals surface area contributed by atoms with Crippen LogP contribution in [0.25, 0.3) is 0 Å². The SMILES string of the molecule is CC(CS(=O)(=O)NC1(CCl)CC1)c1ccccc1. The Hall–Kier alpha value is -0.580. The zero-order chi connectivity index (χ0) is 13.2. The topological polar surface area (TPSA) is 46.2 Å². The molecule has 1 aliphatic carbocycles. The molecule has 0 heterocycles. The van der Waals surface area contributed by atoms with Crippen LogP contribution in [0.1, 0.15) is 31.2 Å². The van der Waals surface area contributed by atoms with Gasteiger partial charge in [-0.3, -0.25) is 0 Å². The van der Waals surface area contributed by atoms with E-state index in [0.29, 0.717) is 5.88 Å². The smallest absolute Gasteiger partial charge is 0.212 e. The van der Waals surface area contributed by atoms with Crippen molar-refractivity contribution in [3.05, 3.63) is 35.9 Å². The fourth-order valence-electron chi connectivity index (χ4n) is 1.99. The Bertz CT molecular complexity index is 497. The highest BCUT2D eigenvalue weighted by Crippen LogP contribution is 2.37. The summed E-state index contributed by atoms with van der Waals surface area (Å²) in [4.78, 5) is 0. The van der Waals surface area contributed by atoms with Crippen LogP contribution in [0, 0.1) is 0 Å². The average Bonchev–Trinajstić information content (AvgIpc) is 3.09. The highest BCUT2D eigenvalue weighted by Gasteiger charge is 2.45. The van der Waals surface area contributed by atoms with E-state index in [0.717, 1.165) is 18.4 Å². The zero-order valence-electron chi connectivity index (χ0n) is 10.4. The Labute approximate surface area is 114 Å². The van der Waals surface area contributed by atoms with Crippen molar-refractivity contribution >= 4 is 21.6 Å². The van der Waals surface area contributed by atoms with Crippen molar-refractivity contribution in [2.45, 2.75) is 31.2 Å². The van der Waals surface area contributed by atoms with Crippen LogP contribution in [0.5, 0.6) is 0 Å². The normalized spacial score (nSPS) is 19.4. The average molecular weight is 288 g/mol. The molecule has 18 heavy (non-hydrogen) atoms. The molecule has 100 valence electrons. The molecule has 0 saturated heterocycles. The van der Waals surface area contributed by atoms with E-state index in [4.69, 9.17) is 11.6 Å². The van der Waals surface area contributed by atoms with Crippen LogP contribution in [0.2, 0.25) is 0 Å². The van der Waals surface area contributed by atoms with E-state index in [1.807, 2.05) is 37.3 Å². The molecule has 0 amide bonds. The maximum absolute atomic E-state index is 12.1. The van der Waals surface area contributed by atoms with Crippen LogP contribution in [-0.4, -0.2) is 25.6 Å². The highest BCUT2D eigenvalue weighted by molar-refractivity contribution is 7.89. The summed E-state index contributed by atoms with van der Waals surface area (Å²) in [5, 5.41) is 0. The number of rotatable bonds is 6. The molecule has 1 N–H and O–H groups in total. The largest absolute Gasteiger partial charge is 0.212 e. The molecule has 1 unspecified atom stereocenters. The third-order valence-corrected chi connectivity index (χ3v) is 5.51. The molecule has 3 nitrogen and oxygen atoms in total. The van der Waals surface area contributed by atoms with Crippen molar-refractivity contribution in [1.29, 1.82) is 0 Å². The lowest BCUT2D eigenvalue weighted by Gasteiger charge is -2.17. The molecule has 1 atom stereocenters. The van der Waals surface area contributed by atoms with Gasteiger partial charge in [-0.15, -0.1) is 11.6 Å². The van der Waals surface area contributed by atoms with Gasteiger partial charge in [-0.25, -0.2) is 13.1 Å². The molecular weight excluding hydrogens is 270 g/mol. The van der Waals surface area contributed by atoms with Crippen LogP contribution in [0.3, 0.4) is 0 Å². The van der Waals surface area contributed by atoms with E-state index in [9.17, 15) is 8.42 Å². The summed E-state index contributed by atoms with van der Waals surface area (Å²) in [6.07, 6.45) is 1.69. The van der Waals surface area contributed by atoms with Crippen molar-refractivity contribution in [3.8, 4) is 0 Å². The zero-order valence-corrected chi connectivity index (χ0v) is 12.0. The van der Waals surface area contributed by atoms with Crippen molar-refractivity contribution in [2.75, 3.05) is 11.6 Å². The first kappa shape index (κ1) is 13.8. The summed E-state index contributed by atoms with van der Waals surface area (Å²) in [6, 6.07) is 9.68. The monoisotopic (exact) mass is 287 g/mol. The molecule has 1 aliphatic rings. The molecule has 1 fully saturated rings. The van der Waals surface area contributed by atoms with E-state index in [1.54, 1.807) is 0 Å². The molecule has 0 aromatic heterocycles. The van der Waals surface area contributed by atoms with Gasteiger partial charge < -0.3 is 0 Å². The minimum Gasteiger partial charge on any atom is -0.212 e. The second-order valence-corrected chi connectivity index (χ2v) is 7.14. The lowest BCUT2D eigenvalue weighted by molar-refractivity contribution is 0.554. The second-order valence-electron chi connectivity index (χ2n) is 5.11. The first-order valence-electron chi connectivity index (χ1n) is 6.09. The first-order valence-corrected chi connectivity index (χ1v) is 8.28. The van der Waals surface area contributed by atoms with Gasteiger partial charge in [0.2, 0.25) is 10.0 Å². The maximum atomic E-state index is 12.1. The third kappa shape index (κ3) is 3.46. The first-order chi connectivity index (χ1) is 8.46. The summed E-state index contributed by atoms with van der Waals surface area (Å²) in [6.45, 7) is 1.93. The number of halogens is 1. The van der Waals surface area contributed by atoms with Crippen LogP contribution in [0.4, 0.5) is 0 Å². The number of benzene rings is 1. The number of hydrogen-bond acceptors (Lipinski definition) is 2. The van der Waals surface area contributed by atoms with Gasteiger partial charge in [0.25, 0.3) is 0 Å². The van der Waals surface area contributed by atoms with Gasteiger partial charge >= 0.3 is 0 Å². The van der Waals surface area contributed by atoms with E-state index < -0.39 is 10.0 Å². The quantitative estimate of drug-likeness (QED) is 0.817. The predicted molar refractivity (Wildman–Crippen MR) is 74.5 cm³/mol. The summed E-state index contributed by atoms with van der Waals surface area (Å²) in [5.74, 6) is 0.441. The molecule has 0 radical (unpaired) electrons. The molecule has 1 aromatic carbocycles. The molecular formula is C13H18ClNO2S. The van der Waals surface area contributed by atoms with Crippen molar-refractivity contribution < 1.29 is 8.42 Å². The standard InChI is InChI=1S/C13H18ClNO2S/c1-11(12-5-3-2-4-6-12)9-18(16,17)15-13(10-14)7-8-13/h2-6,11,15H,7-10H2,1H3. The molecule has 0 spiro atoms. The van der Waals surface area contributed by atoms with Crippen LogP contribution >= 0.6 is 11.6 Å². The summed E-state index contributed by atoms with van der Waals surface area (Å²) in [7, 11) is -3.27. The second kappa shape index (κ2) is 5.19. The van der Waals surface area contributed by atoms with Gasteiger partial charge in [0.05, 0.1) is 5.75 Å². The van der Waals surface area contributed by atoms with Crippen LogP contribution < -0.4 is 4.72 Å². The van der Waals surface area contributed by atoms with E-state index in [-0.39, 0.29) is 17.2 Å². The Kier molecular flexibility index (Phi) is 3.99. The molecule has 0 aliphatic heterocycles. The third-order valence-electron chi connectivity index (χ3n) is 3.32. The summed E-state index contributed by atoms with van der Waals surface area (Å²) >= 11 is 5.79. The fourth-order valence-corrected chi connectivity index (χ4v) is 4.28. The van der Waals surface area contributed by atoms with Crippen molar-refractivity contribution in [2.24, 2.45) is 0 Å². The Morgan fingerprint density at radius 3 is 2.44 bits per heavy atom. The number of alkyl halides is 1. The van der Waals surface area contributed by atoms with Gasteiger partial charge in [0.15, 0.2) is 0 Å². The number of sulfonamides is 1.